The minimum absolute atomic E-state index is 0.891. The Labute approximate surface area is 177 Å². The molecule has 0 radical (unpaired) electrons. The van der Waals surface area contributed by atoms with E-state index in [1.165, 1.54) is 115 Å². The van der Waals surface area contributed by atoms with Gasteiger partial charge in [-0.15, -0.1) is 0 Å². The molecular formula is C28H48. The fourth-order valence-corrected chi connectivity index (χ4v) is 3.90. The van der Waals surface area contributed by atoms with E-state index in [1.54, 1.807) is 0 Å². The zero-order chi connectivity index (χ0) is 20.1. The highest BCUT2D eigenvalue weighted by Crippen LogP contribution is 2.15. The van der Waals surface area contributed by atoms with E-state index in [0.717, 1.165) is 5.92 Å². The summed E-state index contributed by atoms with van der Waals surface area (Å²) in [6.45, 7) is 4.68. The smallest absolute Gasteiger partial charge is 0.0260 e. The number of unbranched alkanes of at least 4 members (excludes halogenated alkanes) is 15. The van der Waals surface area contributed by atoms with Gasteiger partial charge in [0, 0.05) is 0 Å². The van der Waals surface area contributed by atoms with Gasteiger partial charge < -0.3 is 0 Å². The lowest BCUT2D eigenvalue weighted by atomic mass is 10.0. The monoisotopic (exact) mass is 384 g/mol. The highest BCUT2D eigenvalue weighted by molar-refractivity contribution is 5.48. The average molecular weight is 385 g/mol. The third-order valence-corrected chi connectivity index (χ3v) is 5.76. The summed E-state index contributed by atoms with van der Waals surface area (Å²) in [4.78, 5) is 0. The van der Waals surface area contributed by atoms with Gasteiger partial charge in [-0.3, -0.25) is 0 Å². The van der Waals surface area contributed by atoms with Gasteiger partial charge in [-0.1, -0.05) is 153 Å². The van der Waals surface area contributed by atoms with Gasteiger partial charge in [0.25, 0.3) is 0 Å². The van der Waals surface area contributed by atoms with Crippen molar-refractivity contribution in [1.82, 2.24) is 0 Å². The van der Waals surface area contributed by atoms with E-state index in [0.29, 0.717) is 0 Å². The molecule has 0 amide bonds. The fourth-order valence-electron chi connectivity index (χ4n) is 3.90. The van der Waals surface area contributed by atoms with Crippen LogP contribution in [0.3, 0.4) is 0 Å². The molecule has 0 atom stereocenters. The molecule has 0 heteroatoms. The van der Waals surface area contributed by atoms with Gasteiger partial charge in [0.1, 0.15) is 0 Å². The van der Waals surface area contributed by atoms with Crippen LogP contribution in [0.4, 0.5) is 0 Å². The quantitative estimate of drug-likeness (QED) is 0.208. The summed E-state index contributed by atoms with van der Waals surface area (Å²) in [7, 11) is 0. The van der Waals surface area contributed by atoms with Crippen LogP contribution in [0.2, 0.25) is 0 Å². The molecule has 160 valence electrons. The van der Waals surface area contributed by atoms with E-state index >= 15 is 0 Å². The Morgan fingerprint density at radius 1 is 0.571 bits per heavy atom. The van der Waals surface area contributed by atoms with Crippen LogP contribution in [0.5, 0.6) is 0 Å². The summed E-state index contributed by atoms with van der Waals surface area (Å²) in [5, 5.41) is 0. The van der Waals surface area contributed by atoms with Crippen molar-refractivity contribution in [3.63, 3.8) is 0 Å². The van der Waals surface area contributed by atoms with Crippen molar-refractivity contribution in [2.75, 3.05) is 0 Å². The lowest BCUT2D eigenvalue weighted by Gasteiger charge is -2.05. The summed E-state index contributed by atoms with van der Waals surface area (Å²) in [6, 6.07) is 10.6. The van der Waals surface area contributed by atoms with Gasteiger partial charge in [0.05, 0.1) is 0 Å². The third-order valence-electron chi connectivity index (χ3n) is 5.76. The Kier molecular flexibility index (Phi) is 17.2. The van der Waals surface area contributed by atoms with Gasteiger partial charge in [0.2, 0.25) is 0 Å². The van der Waals surface area contributed by atoms with E-state index < -0.39 is 0 Å². The molecule has 0 spiro atoms. The van der Waals surface area contributed by atoms with Gasteiger partial charge in [-0.05, 0) is 24.3 Å². The predicted octanol–water partition coefficient (Wildman–Crippen LogP) is 9.99. The van der Waals surface area contributed by atoms with E-state index in [4.69, 9.17) is 0 Å². The van der Waals surface area contributed by atoms with E-state index in [9.17, 15) is 0 Å². The minimum Gasteiger partial charge on any atom is -0.0839 e. The van der Waals surface area contributed by atoms with Gasteiger partial charge in [-0.25, -0.2) is 0 Å². The molecule has 0 saturated carbocycles. The minimum atomic E-state index is 0.891. The molecule has 28 heavy (non-hydrogen) atoms. The molecule has 1 aromatic carbocycles. The summed E-state index contributed by atoms with van der Waals surface area (Å²) in [6.07, 6.45) is 29.0. The van der Waals surface area contributed by atoms with Crippen molar-refractivity contribution < 1.29 is 0 Å². The summed E-state index contributed by atoms with van der Waals surface area (Å²) in [5.41, 5.74) is 1.32. The first-order valence-electron chi connectivity index (χ1n) is 12.5. The van der Waals surface area contributed by atoms with Gasteiger partial charge >= 0.3 is 0 Å². The molecule has 0 N–H and O–H groups in total. The Morgan fingerprint density at radius 3 is 1.46 bits per heavy atom. The largest absolute Gasteiger partial charge is 0.0839 e. The van der Waals surface area contributed by atoms with Crippen LogP contribution >= 0.6 is 0 Å². The summed E-state index contributed by atoms with van der Waals surface area (Å²) >= 11 is 0. The van der Waals surface area contributed by atoms with Crippen LogP contribution in [-0.2, 0) is 0 Å². The lowest BCUT2D eigenvalue weighted by molar-refractivity contribution is 0.502. The van der Waals surface area contributed by atoms with Crippen LogP contribution in [0.15, 0.2) is 36.4 Å². The number of benzene rings is 1. The van der Waals surface area contributed by atoms with Gasteiger partial charge in [-0.2, -0.15) is 0 Å². The predicted molar refractivity (Wildman–Crippen MR) is 129 cm³/mol. The van der Waals surface area contributed by atoms with Crippen molar-refractivity contribution in [1.29, 1.82) is 0 Å². The van der Waals surface area contributed by atoms with Crippen LogP contribution in [-0.4, -0.2) is 0 Å². The Balaban J connectivity index is 1.71. The maximum Gasteiger partial charge on any atom is -0.0260 e. The molecule has 0 unspecified atom stereocenters. The topological polar surface area (TPSA) is 0 Å². The number of allylic oxidation sites excluding steroid dienone is 1. The Morgan fingerprint density at radius 2 is 1.00 bits per heavy atom. The molecule has 0 nitrogen and oxygen atoms in total. The second-order valence-corrected chi connectivity index (χ2v) is 9.09. The van der Waals surface area contributed by atoms with Gasteiger partial charge in [0.15, 0.2) is 0 Å². The molecule has 0 bridgehead atoms. The third kappa shape index (κ3) is 17.1. The van der Waals surface area contributed by atoms with Crippen molar-refractivity contribution in [3.8, 4) is 0 Å². The SMILES string of the molecule is CC(C)CCCCCCCCCCCCCCCCCC=Cc1ccccc1. The molecule has 0 aliphatic carbocycles. The second kappa shape index (κ2) is 19.3. The first kappa shape index (κ1) is 25.0. The Hall–Kier alpha value is -1.04. The lowest BCUT2D eigenvalue weighted by Crippen LogP contribution is -1.87. The number of rotatable bonds is 19. The highest BCUT2D eigenvalue weighted by atomic mass is 14.0. The standard InChI is InChI=1S/C28H48/c1-27(2)23-19-16-14-12-10-8-6-4-3-5-7-9-11-13-15-17-20-24-28-25-21-18-22-26-28/h18,20-22,24-27H,3-17,19,23H2,1-2H3. The summed E-state index contributed by atoms with van der Waals surface area (Å²) in [5.74, 6) is 0.891. The average Bonchev–Trinajstić information content (AvgIpc) is 2.70. The van der Waals surface area contributed by atoms with Crippen LogP contribution < -0.4 is 0 Å². The molecule has 0 saturated heterocycles. The van der Waals surface area contributed by atoms with Crippen molar-refractivity contribution >= 4 is 6.08 Å². The molecular weight excluding hydrogens is 336 g/mol. The molecule has 0 aliphatic heterocycles. The van der Waals surface area contributed by atoms with E-state index in [1.807, 2.05) is 0 Å². The van der Waals surface area contributed by atoms with Crippen LogP contribution in [0.25, 0.3) is 6.08 Å². The fraction of sp³-hybridized carbons (Fsp3) is 0.714. The van der Waals surface area contributed by atoms with Crippen LogP contribution in [0.1, 0.15) is 129 Å². The number of hydrogen-bond donors (Lipinski definition) is 0. The normalized spacial score (nSPS) is 11.7. The molecule has 0 heterocycles. The first-order chi connectivity index (χ1) is 13.8. The zero-order valence-electron chi connectivity index (χ0n) is 19.1. The maximum absolute atomic E-state index is 2.34. The van der Waals surface area contributed by atoms with E-state index in [2.05, 4.69) is 56.3 Å². The van der Waals surface area contributed by atoms with Crippen molar-refractivity contribution in [2.24, 2.45) is 5.92 Å². The van der Waals surface area contributed by atoms with E-state index in [-0.39, 0.29) is 0 Å². The summed E-state index contributed by atoms with van der Waals surface area (Å²) < 4.78 is 0. The number of hydrogen-bond acceptors (Lipinski definition) is 0. The Bertz CT molecular complexity index is 442. The molecule has 0 aromatic heterocycles. The maximum atomic E-state index is 2.34. The molecule has 1 aromatic rings. The van der Waals surface area contributed by atoms with Crippen LogP contribution in [0, 0.1) is 5.92 Å². The zero-order valence-corrected chi connectivity index (χ0v) is 19.1. The molecule has 0 aliphatic rings. The first-order valence-corrected chi connectivity index (χ1v) is 12.5. The van der Waals surface area contributed by atoms with Crippen molar-refractivity contribution in [2.45, 2.75) is 123 Å². The van der Waals surface area contributed by atoms with Crippen molar-refractivity contribution in [3.05, 3.63) is 42.0 Å². The molecule has 0 fully saturated rings. The second-order valence-electron chi connectivity index (χ2n) is 9.09. The molecule has 1 rings (SSSR count). The highest BCUT2D eigenvalue weighted by Gasteiger charge is 1.96.